The fraction of sp³-hybridized carbons (Fsp3) is 0.167. The largest absolute Gasteiger partial charge is 0.434 e. The molecule has 2 aromatic rings. The van der Waals surface area contributed by atoms with E-state index < -0.39 is 11.7 Å². The molecule has 0 atom stereocenters. The van der Waals surface area contributed by atoms with Crippen LogP contribution in [0.1, 0.15) is 21.9 Å². The summed E-state index contributed by atoms with van der Waals surface area (Å²) in [6, 6.07) is 4.48. The number of halogens is 3. The van der Waals surface area contributed by atoms with Gasteiger partial charge in [0.2, 0.25) is 6.29 Å². The lowest BCUT2D eigenvalue weighted by Crippen LogP contribution is -2.03. The number of aromatic nitrogens is 1. The van der Waals surface area contributed by atoms with Crippen LogP contribution in [-0.2, 0) is 6.18 Å². The van der Waals surface area contributed by atoms with Gasteiger partial charge in [0, 0.05) is 5.56 Å². The van der Waals surface area contributed by atoms with Crippen LogP contribution >= 0.6 is 0 Å². The number of carbonyl (C=O) groups is 1. The maximum Gasteiger partial charge on any atom is 0.416 e. The van der Waals surface area contributed by atoms with Gasteiger partial charge in [-0.15, -0.1) is 0 Å². The van der Waals surface area contributed by atoms with E-state index in [0.717, 1.165) is 12.1 Å². The summed E-state index contributed by atoms with van der Waals surface area (Å²) in [5, 5.41) is 0. The summed E-state index contributed by atoms with van der Waals surface area (Å²) in [5.74, 6) is 0.202. The maximum absolute atomic E-state index is 12.4. The number of benzene rings is 1. The van der Waals surface area contributed by atoms with Crippen molar-refractivity contribution < 1.29 is 22.4 Å². The van der Waals surface area contributed by atoms with Crippen molar-refractivity contribution in [3.63, 3.8) is 0 Å². The Hall–Kier alpha value is -2.11. The Bertz CT molecular complexity index is 570. The van der Waals surface area contributed by atoms with E-state index in [1.54, 1.807) is 6.92 Å². The van der Waals surface area contributed by atoms with Crippen molar-refractivity contribution in [1.29, 1.82) is 0 Å². The molecular weight excluding hydrogens is 247 g/mol. The number of rotatable bonds is 2. The molecule has 0 radical (unpaired) electrons. The standard InChI is InChI=1S/C12H8F3NO2/c1-7-11(18-10(6-17)16-7)8-2-4-9(5-3-8)12(13,14)15/h2-6H,1H3. The van der Waals surface area contributed by atoms with Gasteiger partial charge < -0.3 is 4.42 Å². The van der Waals surface area contributed by atoms with Crippen molar-refractivity contribution in [2.75, 3.05) is 0 Å². The Labute approximate surface area is 100 Å². The zero-order chi connectivity index (χ0) is 13.3. The number of nitrogens with zero attached hydrogens (tertiary/aromatic N) is 1. The molecule has 1 aromatic heterocycles. The number of hydrogen-bond donors (Lipinski definition) is 0. The van der Waals surface area contributed by atoms with Crippen LogP contribution < -0.4 is 0 Å². The molecule has 0 aliphatic rings. The Balaban J connectivity index is 2.40. The fourth-order valence-electron chi connectivity index (χ4n) is 1.55. The lowest BCUT2D eigenvalue weighted by atomic mass is 10.1. The van der Waals surface area contributed by atoms with Crippen LogP contribution in [0.5, 0.6) is 0 Å². The summed E-state index contributed by atoms with van der Waals surface area (Å²) in [7, 11) is 0. The molecule has 0 aliphatic heterocycles. The third kappa shape index (κ3) is 2.27. The van der Waals surface area contributed by atoms with E-state index in [-0.39, 0.29) is 5.89 Å². The van der Waals surface area contributed by atoms with Gasteiger partial charge in [-0.2, -0.15) is 13.2 Å². The zero-order valence-electron chi connectivity index (χ0n) is 9.28. The Morgan fingerprint density at radius 1 is 1.22 bits per heavy atom. The first-order valence-corrected chi connectivity index (χ1v) is 5.02. The molecule has 0 fully saturated rings. The van der Waals surface area contributed by atoms with E-state index in [0.29, 0.717) is 23.3 Å². The summed E-state index contributed by atoms with van der Waals surface area (Å²) in [4.78, 5) is 14.3. The normalized spacial score (nSPS) is 11.6. The summed E-state index contributed by atoms with van der Waals surface area (Å²) >= 11 is 0. The monoisotopic (exact) mass is 255 g/mol. The van der Waals surface area contributed by atoms with Crippen molar-refractivity contribution in [2.45, 2.75) is 13.1 Å². The minimum absolute atomic E-state index is 0.0950. The van der Waals surface area contributed by atoms with E-state index in [1.165, 1.54) is 12.1 Å². The number of aldehydes is 1. The summed E-state index contributed by atoms with van der Waals surface area (Å²) in [6.07, 6.45) is -3.93. The van der Waals surface area contributed by atoms with E-state index in [1.807, 2.05) is 0 Å². The van der Waals surface area contributed by atoms with Crippen LogP contribution in [0.4, 0.5) is 13.2 Å². The van der Waals surface area contributed by atoms with Crippen LogP contribution in [0.2, 0.25) is 0 Å². The van der Waals surface area contributed by atoms with Gasteiger partial charge in [-0.25, -0.2) is 4.98 Å². The lowest BCUT2D eigenvalue weighted by Gasteiger charge is -2.06. The van der Waals surface area contributed by atoms with E-state index in [2.05, 4.69) is 4.98 Å². The predicted octanol–water partition coefficient (Wildman–Crippen LogP) is 3.48. The first-order valence-electron chi connectivity index (χ1n) is 5.02. The summed E-state index contributed by atoms with van der Waals surface area (Å²) in [6.45, 7) is 1.61. The smallest absolute Gasteiger partial charge is 0.416 e. The highest BCUT2D eigenvalue weighted by molar-refractivity contribution is 5.70. The van der Waals surface area contributed by atoms with Crippen LogP contribution in [0.25, 0.3) is 11.3 Å². The molecule has 94 valence electrons. The molecule has 1 heterocycles. The number of hydrogen-bond acceptors (Lipinski definition) is 3. The van der Waals surface area contributed by atoms with Crippen LogP contribution in [0, 0.1) is 6.92 Å². The van der Waals surface area contributed by atoms with E-state index >= 15 is 0 Å². The van der Waals surface area contributed by atoms with Crippen molar-refractivity contribution in [1.82, 2.24) is 4.98 Å². The van der Waals surface area contributed by atoms with Crippen LogP contribution in [-0.4, -0.2) is 11.3 Å². The predicted molar refractivity (Wildman–Crippen MR) is 57.1 cm³/mol. The van der Waals surface area contributed by atoms with Crippen molar-refractivity contribution in [3.05, 3.63) is 41.4 Å². The van der Waals surface area contributed by atoms with Gasteiger partial charge in [0.05, 0.1) is 11.3 Å². The fourth-order valence-corrected chi connectivity index (χ4v) is 1.55. The second kappa shape index (κ2) is 4.29. The minimum atomic E-state index is -4.37. The number of alkyl halides is 3. The second-order valence-electron chi connectivity index (χ2n) is 3.66. The van der Waals surface area contributed by atoms with Gasteiger partial charge in [0.25, 0.3) is 5.89 Å². The van der Waals surface area contributed by atoms with Gasteiger partial charge in [0.1, 0.15) is 0 Å². The van der Waals surface area contributed by atoms with Gasteiger partial charge in [0.15, 0.2) is 5.76 Å². The molecule has 0 N–H and O–H groups in total. The average molecular weight is 255 g/mol. The highest BCUT2D eigenvalue weighted by Crippen LogP contribution is 2.31. The molecule has 6 heteroatoms. The average Bonchev–Trinajstić information content (AvgIpc) is 2.70. The van der Waals surface area contributed by atoms with E-state index in [4.69, 9.17) is 4.42 Å². The summed E-state index contributed by atoms with van der Waals surface area (Å²) < 4.78 is 42.2. The molecule has 3 nitrogen and oxygen atoms in total. The van der Waals surface area contributed by atoms with Crippen molar-refractivity contribution in [3.8, 4) is 11.3 Å². The second-order valence-corrected chi connectivity index (χ2v) is 3.66. The minimum Gasteiger partial charge on any atom is -0.434 e. The molecule has 0 aliphatic carbocycles. The molecule has 18 heavy (non-hydrogen) atoms. The van der Waals surface area contributed by atoms with Crippen molar-refractivity contribution in [2.24, 2.45) is 0 Å². The maximum atomic E-state index is 12.4. The van der Waals surface area contributed by atoms with E-state index in [9.17, 15) is 18.0 Å². The Kier molecular flexibility index (Phi) is 2.94. The van der Waals surface area contributed by atoms with Crippen LogP contribution in [0.3, 0.4) is 0 Å². The molecule has 0 saturated heterocycles. The molecule has 0 amide bonds. The number of carbonyl (C=O) groups excluding carboxylic acids is 1. The molecule has 0 unspecified atom stereocenters. The summed E-state index contributed by atoms with van der Waals surface area (Å²) in [5.41, 5.74) is 0.164. The lowest BCUT2D eigenvalue weighted by molar-refractivity contribution is -0.137. The first kappa shape index (κ1) is 12.3. The van der Waals surface area contributed by atoms with Crippen LogP contribution in [0.15, 0.2) is 28.7 Å². The third-order valence-corrected chi connectivity index (χ3v) is 2.39. The SMILES string of the molecule is Cc1nc(C=O)oc1-c1ccc(C(F)(F)F)cc1. The Morgan fingerprint density at radius 3 is 2.28 bits per heavy atom. The first-order chi connectivity index (χ1) is 8.41. The molecule has 0 saturated carbocycles. The molecule has 1 aromatic carbocycles. The zero-order valence-corrected chi connectivity index (χ0v) is 9.28. The molecule has 2 rings (SSSR count). The number of aryl methyl sites for hydroxylation is 1. The topological polar surface area (TPSA) is 43.1 Å². The highest BCUT2D eigenvalue weighted by atomic mass is 19.4. The number of oxazole rings is 1. The van der Waals surface area contributed by atoms with Crippen molar-refractivity contribution >= 4 is 6.29 Å². The third-order valence-electron chi connectivity index (χ3n) is 2.39. The van der Waals surface area contributed by atoms with Gasteiger partial charge in [-0.05, 0) is 19.1 Å². The quantitative estimate of drug-likeness (QED) is 0.771. The molecule has 0 spiro atoms. The molecule has 0 bridgehead atoms. The van der Waals surface area contributed by atoms with Gasteiger partial charge in [-0.3, -0.25) is 4.79 Å². The van der Waals surface area contributed by atoms with Gasteiger partial charge >= 0.3 is 6.18 Å². The van der Waals surface area contributed by atoms with Gasteiger partial charge in [-0.1, -0.05) is 12.1 Å². The molecular formula is C12H8F3NO2. The Morgan fingerprint density at radius 2 is 1.83 bits per heavy atom. The highest BCUT2D eigenvalue weighted by Gasteiger charge is 2.30.